The number of rotatable bonds is 4. The van der Waals surface area contributed by atoms with Crippen molar-refractivity contribution in [2.75, 3.05) is 41.5 Å². The van der Waals surface area contributed by atoms with Crippen molar-refractivity contribution in [3.8, 4) is 11.5 Å². The summed E-state index contributed by atoms with van der Waals surface area (Å²) in [5, 5.41) is 20.1. The van der Waals surface area contributed by atoms with E-state index >= 15 is 0 Å². The number of nitrogens with zero attached hydrogens (tertiary/aromatic N) is 1. The number of aromatic hydroxyl groups is 2. The number of alkyl halides is 3. The lowest BCUT2D eigenvalue weighted by Crippen LogP contribution is -2.17. The molecule has 4 nitrogen and oxygen atoms in total. The third kappa shape index (κ3) is 12.8. The fourth-order valence-electron chi connectivity index (χ4n) is 2.30. The summed E-state index contributed by atoms with van der Waals surface area (Å²) < 4.78 is 15.5. The summed E-state index contributed by atoms with van der Waals surface area (Å²) in [4.78, 5) is 2.35. The number of nitrogen functional groups attached to an aromatic ring is 1. The van der Waals surface area contributed by atoms with Gasteiger partial charge in [-0.15, -0.1) is 0 Å². The summed E-state index contributed by atoms with van der Waals surface area (Å²) >= 11 is 6.66. The minimum absolute atomic E-state index is 0.249. The molecule has 2 aromatic carbocycles. The first-order chi connectivity index (χ1) is 14.0. The van der Waals surface area contributed by atoms with Crippen LogP contribution in [0.1, 0.15) is 27.1 Å². The van der Waals surface area contributed by atoms with Gasteiger partial charge in [-0.3, -0.25) is 4.39 Å². The van der Waals surface area contributed by atoms with Crippen LogP contribution in [0.25, 0.3) is 0 Å². The molecule has 1 fully saturated rings. The summed E-state index contributed by atoms with van der Waals surface area (Å²) in [5.74, 6) is 0.595. The van der Waals surface area contributed by atoms with Gasteiger partial charge in [0.25, 0.3) is 0 Å². The van der Waals surface area contributed by atoms with Crippen molar-refractivity contribution in [2.24, 2.45) is 0 Å². The summed E-state index contributed by atoms with van der Waals surface area (Å²) in [7, 11) is -1.00. The van der Waals surface area contributed by atoms with Crippen molar-refractivity contribution in [3.05, 3.63) is 48.5 Å². The molecule has 0 aromatic heterocycles. The van der Waals surface area contributed by atoms with Gasteiger partial charge in [0.1, 0.15) is 11.5 Å². The van der Waals surface area contributed by atoms with Crippen molar-refractivity contribution in [1.29, 1.82) is 0 Å². The Morgan fingerprint density at radius 1 is 0.929 bits per heavy atom. The van der Waals surface area contributed by atoms with E-state index in [1.165, 1.54) is 31.4 Å². The van der Waals surface area contributed by atoms with E-state index in [9.17, 15) is 4.39 Å². The number of unbranched alkanes of at least 4 members (excludes halogenated alkanes) is 1. The zero-order valence-electron chi connectivity index (χ0n) is 17.0. The smallest absolute Gasteiger partial charge is 0.115 e. The fourth-order valence-corrected chi connectivity index (χ4v) is 3.10. The van der Waals surface area contributed by atoms with Crippen molar-refractivity contribution in [2.45, 2.75) is 25.7 Å². The van der Waals surface area contributed by atoms with E-state index in [0.29, 0.717) is 11.4 Å². The van der Waals surface area contributed by atoms with E-state index in [1.54, 1.807) is 36.4 Å². The van der Waals surface area contributed by atoms with Crippen LogP contribution < -0.4 is 10.6 Å². The highest BCUT2D eigenvalue weighted by Gasteiger charge is 2.11. The highest BCUT2D eigenvalue weighted by molar-refractivity contribution is 9.09. The zero-order chi connectivity index (χ0) is 21.9. The highest BCUT2D eigenvalue weighted by Crippen LogP contribution is 2.21. The minimum atomic E-state index is -1.00. The molecule has 0 atom stereocenters. The van der Waals surface area contributed by atoms with E-state index in [4.69, 9.17) is 17.3 Å². The van der Waals surface area contributed by atoms with Gasteiger partial charge in [-0.25, -0.2) is 0 Å². The van der Waals surface area contributed by atoms with Crippen LogP contribution in [0.5, 0.6) is 11.5 Å². The van der Waals surface area contributed by atoms with Crippen LogP contribution in [-0.4, -0.2) is 41.1 Å². The molecule has 0 spiro atoms. The molecule has 0 radical (unpaired) electrons. The molecule has 0 saturated carbocycles. The van der Waals surface area contributed by atoms with Crippen LogP contribution in [0.3, 0.4) is 0 Å². The Kier molecular flexibility index (Phi) is 15.5. The van der Waals surface area contributed by atoms with Crippen LogP contribution in [0.4, 0.5) is 15.8 Å². The van der Waals surface area contributed by atoms with Gasteiger partial charge < -0.3 is 20.8 Å². The third-order valence-corrected chi connectivity index (χ3v) is 4.85. The lowest BCUT2D eigenvalue weighted by atomic mass is 10.3. The summed E-state index contributed by atoms with van der Waals surface area (Å²) in [6.07, 6.45) is 5.15. The Hall–Kier alpha value is -1.47. The number of anilines is 2. The minimum Gasteiger partial charge on any atom is -0.508 e. The van der Waals surface area contributed by atoms with E-state index in [1.807, 2.05) is 12.1 Å². The van der Waals surface area contributed by atoms with Crippen LogP contribution in [0.2, 0.25) is 0 Å². The monoisotopic (exact) mass is 521 g/mol. The number of phenols is 2. The van der Waals surface area contributed by atoms with Gasteiger partial charge in [0.05, 0.1) is 8.52 Å². The van der Waals surface area contributed by atoms with Gasteiger partial charge >= 0.3 is 0 Å². The quantitative estimate of drug-likeness (QED) is 0.196. The second-order valence-corrected chi connectivity index (χ2v) is 7.47. The number of nitrogens with two attached hydrogens (primary N) is 1. The third-order valence-electron chi connectivity index (χ3n) is 3.73. The molecular formula is C21H31Br2FN2O2. The predicted octanol–water partition coefficient (Wildman–Crippen LogP) is 6.11. The van der Waals surface area contributed by atoms with Gasteiger partial charge in [0.15, 0.2) is 0 Å². The number of hydrogen-bond donors (Lipinski definition) is 3. The Bertz CT molecular complexity index is 588. The molecule has 4 N–H and O–H groups in total. The topological polar surface area (TPSA) is 69.7 Å². The standard InChI is InChI=1S/C10H13NO.C6H7NO.C4H8Br2.CH3F/c12-10-5-3-9(4-6-10)11-7-1-2-8-11;7-5-1-3-6(8)4-2-5;5-3-1-2-4-6;1-2/h3-6,12H,1-2,7-8H2;1-4,8H,7H2;1-4H2;1H3/i;;;1D. The molecule has 0 amide bonds. The number of halogens is 3. The maximum Gasteiger partial charge on any atom is 0.115 e. The van der Waals surface area contributed by atoms with E-state index in [0.717, 1.165) is 23.7 Å². The molecule has 3 rings (SSSR count). The molecule has 7 heteroatoms. The zero-order valence-corrected chi connectivity index (χ0v) is 19.2. The van der Waals surface area contributed by atoms with Crippen molar-refractivity contribution in [3.63, 3.8) is 0 Å². The average Bonchev–Trinajstić information content (AvgIpc) is 3.26. The molecular weight excluding hydrogens is 491 g/mol. The first kappa shape index (κ1) is 24.6. The van der Waals surface area contributed by atoms with Crippen molar-refractivity contribution < 1.29 is 16.0 Å². The Labute approximate surface area is 186 Å². The maximum absolute atomic E-state index is 9.96. The highest BCUT2D eigenvalue weighted by atomic mass is 79.9. The van der Waals surface area contributed by atoms with Gasteiger partial charge in [-0.05, 0) is 74.2 Å². The van der Waals surface area contributed by atoms with Crippen LogP contribution in [0.15, 0.2) is 48.5 Å². The lowest BCUT2D eigenvalue weighted by Gasteiger charge is -2.16. The number of phenolic OH excluding ortho intramolecular Hbond substituents is 2. The average molecular weight is 523 g/mol. The predicted molar refractivity (Wildman–Crippen MR) is 126 cm³/mol. The first-order valence-electron chi connectivity index (χ1n) is 9.74. The first-order valence-corrected chi connectivity index (χ1v) is 11.3. The lowest BCUT2D eigenvalue weighted by molar-refractivity contribution is 0.475. The molecule has 158 valence electrons. The molecule has 1 aliphatic rings. The molecule has 0 aliphatic carbocycles. The Balaban J connectivity index is 0.000000403. The largest absolute Gasteiger partial charge is 0.508 e. The molecule has 2 aromatic rings. The normalized spacial score (nSPS) is 12.4. The van der Waals surface area contributed by atoms with Crippen molar-refractivity contribution >= 4 is 43.2 Å². The van der Waals surface area contributed by atoms with Gasteiger partial charge in [0, 0.05) is 35.1 Å². The molecule has 28 heavy (non-hydrogen) atoms. The molecule has 1 saturated heterocycles. The molecule has 0 unspecified atom stereocenters. The molecule has 0 bridgehead atoms. The number of hydrogen-bond acceptors (Lipinski definition) is 4. The SMILES string of the molecule is BrCCCCBr.Nc1ccc(O)cc1.Oc1ccc(N2CCCC2)cc1.[2H]CF. The van der Waals surface area contributed by atoms with Gasteiger partial charge in [-0.2, -0.15) is 0 Å². The van der Waals surface area contributed by atoms with E-state index in [2.05, 4.69) is 36.8 Å². The number of benzene rings is 2. The van der Waals surface area contributed by atoms with Crippen molar-refractivity contribution in [1.82, 2.24) is 0 Å². The summed E-state index contributed by atoms with van der Waals surface area (Å²) in [6, 6.07) is 13.8. The summed E-state index contributed by atoms with van der Waals surface area (Å²) in [6.45, 7) is 2.32. The maximum atomic E-state index is 9.96. The second kappa shape index (κ2) is 17.6. The van der Waals surface area contributed by atoms with E-state index in [-0.39, 0.29) is 5.75 Å². The summed E-state index contributed by atoms with van der Waals surface area (Å²) in [5.41, 5.74) is 7.21. The molecule has 1 aliphatic heterocycles. The van der Waals surface area contributed by atoms with Crippen LogP contribution >= 0.6 is 31.9 Å². The Morgan fingerprint density at radius 2 is 1.32 bits per heavy atom. The molecule has 1 heterocycles. The van der Waals surface area contributed by atoms with Crippen LogP contribution in [-0.2, 0) is 0 Å². The van der Waals surface area contributed by atoms with Gasteiger partial charge in [-0.1, -0.05) is 31.9 Å². The van der Waals surface area contributed by atoms with Gasteiger partial charge in [0.2, 0.25) is 0 Å². The Morgan fingerprint density at radius 3 is 1.68 bits per heavy atom. The van der Waals surface area contributed by atoms with E-state index < -0.39 is 7.15 Å². The fraction of sp³-hybridized carbons (Fsp3) is 0.429. The van der Waals surface area contributed by atoms with Crippen LogP contribution in [0, 0.1) is 0 Å². The second-order valence-electron chi connectivity index (χ2n) is 5.89.